The molecular formula is C66H54N2O. The van der Waals surface area contributed by atoms with E-state index in [4.69, 9.17) is 4.42 Å². The van der Waals surface area contributed by atoms with Crippen LogP contribution in [-0.4, -0.2) is 4.57 Å². The molecule has 0 aliphatic heterocycles. The molecule has 0 unspecified atom stereocenters. The SMILES string of the molecule is CC(C)(C)c1cc(-c2cccc3cccc(-c4ccccc4N(c4ccc(-c5cccc6oc7ccccc7c56)cc4)c4cccc5c6ccccc6n(-c6ccccc6)c45)c23)cc(C(C)(C)C)c1. The fraction of sp³-hybridized carbons (Fsp3) is 0.121. The predicted octanol–water partition coefficient (Wildman–Crippen LogP) is 18.9. The van der Waals surface area contributed by atoms with Gasteiger partial charge in [-0.3, -0.25) is 0 Å². The van der Waals surface area contributed by atoms with Gasteiger partial charge in [0.05, 0.1) is 22.4 Å². The fourth-order valence-corrected chi connectivity index (χ4v) is 10.6. The third-order valence-electron chi connectivity index (χ3n) is 14.1. The molecule has 3 nitrogen and oxygen atoms in total. The minimum absolute atomic E-state index is 0.0197. The van der Waals surface area contributed by atoms with Crippen molar-refractivity contribution < 1.29 is 4.42 Å². The lowest BCUT2D eigenvalue weighted by molar-refractivity contribution is 0.569. The highest BCUT2D eigenvalue weighted by Crippen LogP contribution is 2.49. The zero-order chi connectivity index (χ0) is 47.0. The number of hydrogen-bond acceptors (Lipinski definition) is 2. The summed E-state index contributed by atoms with van der Waals surface area (Å²) in [5.74, 6) is 0. The summed E-state index contributed by atoms with van der Waals surface area (Å²) in [5.41, 5.74) is 18.2. The standard InChI is InChI=1S/C66H54N2O/c1-65(2,3)46-40-45(41-47(42-46)66(4,5)6)51-27-16-20-44-21-17-29-54(62(44)51)52-24-10-13-31-57(52)67(49-38-36-43(37-39-49)50-28-19-35-61-63(50)56-26-12-15-34-60(56)69-61)59-33-18-30-55-53-25-11-14-32-58(53)68(64(55)59)48-22-8-7-9-23-48/h7-42H,1-6H3. The van der Waals surface area contributed by atoms with Gasteiger partial charge in [0, 0.05) is 38.5 Å². The molecule has 0 saturated carbocycles. The number of nitrogens with zero attached hydrogens (tertiary/aromatic N) is 2. The Bertz CT molecular complexity index is 3870. The largest absolute Gasteiger partial charge is 0.456 e. The Kier molecular flexibility index (Phi) is 9.97. The van der Waals surface area contributed by atoms with Crippen molar-refractivity contribution in [3.63, 3.8) is 0 Å². The smallest absolute Gasteiger partial charge is 0.136 e. The summed E-state index contributed by atoms with van der Waals surface area (Å²) in [6, 6.07) is 80.1. The molecule has 10 aromatic carbocycles. The summed E-state index contributed by atoms with van der Waals surface area (Å²) >= 11 is 0. The Labute approximate surface area is 404 Å². The minimum atomic E-state index is -0.0197. The molecule has 0 N–H and O–H groups in total. The monoisotopic (exact) mass is 890 g/mol. The van der Waals surface area contributed by atoms with Crippen molar-refractivity contribution in [1.82, 2.24) is 4.57 Å². The third-order valence-corrected chi connectivity index (χ3v) is 14.1. The van der Waals surface area contributed by atoms with Gasteiger partial charge in [0.2, 0.25) is 0 Å². The van der Waals surface area contributed by atoms with Crippen LogP contribution in [-0.2, 0) is 10.8 Å². The van der Waals surface area contributed by atoms with Crippen molar-refractivity contribution in [1.29, 1.82) is 0 Å². The van der Waals surface area contributed by atoms with Crippen molar-refractivity contribution in [2.45, 2.75) is 52.4 Å². The van der Waals surface area contributed by atoms with Crippen molar-refractivity contribution in [3.8, 4) is 39.1 Å². The van der Waals surface area contributed by atoms with Crippen molar-refractivity contribution in [2.75, 3.05) is 4.90 Å². The van der Waals surface area contributed by atoms with Gasteiger partial charge in [0.1, 0.15) is 11.2 Å². The fourth-order valence-electron chi connectivity index (χ4n) is 10.6. The van der Waals surface area contributed by atoms with E-state index in [1.54, 1.807) is 0 Å². The molecule has 2 aromatic heterocycles. The second-order valence-electron chi connectivity index (χ2n) is 20.5. The van der Waals surface area contributed by atoms with Crippen LogP contribution in [0.5, 0.6) is 0 Å². The maximum absolute atomic E-state index is 6.36. The Morgan fingerprint density at radius 1 is 0.391 bits per heavy atom. The predicted molar refractivity (Wildman–Crippen MR) is 294 cm³/mol. The second-order valence-corrected chi connectivity index (χ2v) is 20.5. The summed E-state index contributed by atoms with van der Waals surface area (Å²) in [6.45, 7) is 13.9. The maximum Gasteiger partial charge on any atom is 0.136 e. The van der Waals surface area contributed by atoms with Crippen LogP contribution in [0.3, 0.4) is 0 Å². The molecule has 334 valence electrons. The number of hydrogen-bond donors (Lipinski definition) is 0. The van der Waals surface area contributed by atoms with Gasteiger partial charge >= 0.3 is 0 Å². The van der Waals surface area contributed by atoms with E-state index >= 15 is 0 Å². The van der Waals surface area contributed by atoms with E-state index in [0.29, 0.717) is 0 Å². The molecule has 3 heteroatoms. The number of fused-ring (bicyclic) bond motifs is 7. The molecule has 0 saturated heterocycles. The van der Waals surface area contributed by atoms with Gasteiger partial charge in [-0.2, -0.15) is 0 Å². The molecule has 0 fully saturated rings. The van der Waals surface area contributed by atoms with Gasteiger partial charge in [0.15, 0.2) is 0 Å². The molecule has 0 aliphatic rings. The van der Waals surface area contributed by atoms with Crippen molar-refractivity contribution in [2.24, 2.45) is 0 Å². The number of anilines is 3. The van der Waals surface area contributed by atoms with Gasteiger partial charge < -0.3 is 13.9 Å². The molecule has 12 rings (SSSR count). The van der Waals surface area contributed by atoms with Crippen molar-refractivity contribution >= 4 is 71.6 Å². The van der Waals surface area contributed by atoms with Gasteiger partial charge in [-0.05, 0) is 115 Å². The first-order valence-corrected chi connectivity index (χ1v) is 24.2. The van der Waals surface area contributed by atoms with Crippen LogP contribution in [0.1, 0.15) is 52.7 Å². The third kappa shape index (κ3) is 7.20. The molecule has 0 aliphatic carbocycles. The van der Waals surface area contributed by atoms with Crippen LogP contribution in [0.4, 0.5) is 17.1 Å². The van der Waals surface area contributed by atoms with E-state index in [2.05, 4.69) is 263 Å². The van der Waals surface area contributed by atoms with E-state index in [9.17, 15) is 0 Å². The van der Waals surface area contributed by atoms with E-state index in [0.717, 1.165) is 66.9 Å². The molecule has 0 bridgehead atoms. The Hall–Kier alpha value is -8.14. The molecule has 69 heavy (non-hydrogen) atoms. The molecule has 0 amide bonds. The molecular weight excluding hydrogens is 837 g/mol. The molecule has 0 atom stereocenters. The van der Waals surface area contributed by atoms with E-state index in [1.165, 1.54) is 54.9 Å². The van der Waals surface area contributed by atoms with Gasteiger partial charge in [-0.1, -0.05) is 205 Å². The summed E-state index contributed by atoms with van der Waals surface area (Å²) in [6.07, 6.45) is 0. The van der Waals surface area contributed by atoms with Gasteiger partial charge in [0.25, 0.3) is 0 Å². The highest BCUT2D eigenvalue weighted by molar-refractivity contribution is 6.16. The summed E-state index contributed by atoms with van der Waals surface area (Å²) in [5, 5.41) is 7.12. The highest BCUT2D eigenvalue weighted by atomic mass is 16.3. The van der Waals surface area contributed by atoms with Crippen molar-refractivity contribution in [3.05, 3.63) is 230 Å². The normalized spacial score (nSPS) is 12.2. The van der Waals surface area contributed by atoms with Crippen LogP contribution in [0.2, 0.25) is 0 Å². The van der Waals surface area contributed by atoms with E-state index in [1.807, 2.05) is 6.07 Å². The number of rotatable bonds is 7. The first-order valence-electron chi connectivity index (χ1n) is 24.2. The van der Waals surface area contributed by atoms with Crippen LogP contribution in [0.25, 0.3) is 93.6 Å². The Morgan fingerprint density at radius 2 is 0.942 bits per heavy atom. The quantitative estimate of drug-likeness (QED) is 0.159. The molecule has 0 radical (unpaired) electrons. The molecule has 0 spiro atoms. The lowest BCUT2D eigenvalue weighted by atomic mass is 9.78. The van der Waals surface area contributed by atoms with Gasteiger partial charge in [-0.15, -0.1) is 0 Å². The highest BCUT2D eigenvalue weighted by Gasteiger charge is 2.26. The lowest BCUT2D eigenvalue weighted by Crippen LogP contribution is -2.16. The maximum atomic E-state index is 6.36. The van der Waals surface area contributed by atoms with E-state index < -0.39 is 0 Å². The van der Waals surface area contributed by atoms with Crippen LogP contribution in [0.15, 0.2) is 223 Å². The average Bonchev–Trinajstić information content (AvgIpc) is 3.93. The molecule has 2 heterocycles. The van der Waals surface area contributed by atoms with Crippen LogP contribution < -0.4 is 4.90 Å². The van der Waals surface area contributed by atoms with Crippen LogP contribution in [0, 0.1) is 0 Å². The first kappa shape index (κ1) is 42.2. The lowest BCUT2D eigenvalue weighted by Gasteiger charge is -2.30. The zero-order valence-corrected chi connectivity index (χ0v) is 40.1. The number of para-hydroxylation sites is 5. The number of benzene rings is 10. The second kappa shape index (κ2) is 16.3. The summed E-state index contributed by atoms with van der Waals surface area (Å²) < 4.78 is 8.80. The average molecular weight is 891 g/mol. The zero-order valence-electron chi connectivity index (χ0n) is 40.1. The summed E-state index contributed by atoms with van der Waals surface area (Å²) in [7, 11) is 0. The number of aromatic nitrogens is 1. The Morgan fingerprint density at radius 3 is 1.68 bits per heavy atom. The number of furan rings is 1. The minimum Gasteiger partial charge on any atom is -0.456 e. The summed E-state index contributed by atoms with van der Waals surface area (Å²) in [4.78, 5) is 2.49. The van der Waals surface area contributed by atoms with E-state index in [-0.39, 0.29) is 10.8 Å². The van der Waals surface area contributed by atoms with Crippen LogP contribution >= 0.6 is 0 Å². The first-order chi connectivity index (χ1) is 33.5. The van der Waals surface area contributed by atoms with Gasteiger partial charge in [-0.25, -0.2) is 0 Å². The topological polar surface area (TPSA) is 21.3 Å². The Balaban J connectivity index is 1.13. The molecule has 12 aromatic rings.